The molecule has 27 heavy (non-hydrogen) atoms. The monoisotopic (exact) mass is 360 g/mol. The number of amides is 1. The molecule has 1 saturated carbocycles. The van der Waals surface area contributed by atoms with Gasteiger partial charge in [0.05, 0.1) is 35.4 Å². The molecule has 0 bridgehead atoms. The van der Waals surface area contributed by atoms with Gasteiger partial charge in [-0.1, -0.05) is 17.3 Å². The highest BCUT2D eigenvalue weighted by atomic mass is 16.5. The maximum Gasteiger partial charge on any atom is 0.259 e. The van der Waals surface area contributed by atoms with Crippen LogP contribution in [0.5, 0.6) is 0 Å². The molecule has 8 nitrogen and oxygen atoms in total. The first kappa shape index (κ1) is 15.7. The van der Waals surface area contributed by atoms with Crippen molar-refractivity contribution in [3.63, 3.8) is 0 Å². The van der Waals surface area contributed by atoms with Crippen molar-refractivity contribution in [2.75, 3.05) is 5.32 Å². The van der Waals surface area contributed by atoms with E-state index in [4.69, 9.17) is 4.52 Å². The van der Waals surface area contributed by atoms with E-state index in [0.717, 1.165) is 16.8 Å². The molecule has 1 N–H and O–H groups in total. The van der Waals surface area contributed by atoms with E-state index in [1.807, 2.05) is 31.3 Å². The fourth-order valence-corrected chi connectivity index (χ4v) is 3.05. The first-order valence-electron chi connectivity index (χ1n) is 8.71. The number of aromatic nitrogens is 5. The second kappa shape index (κ2) is 6.01. The van der Waals surface area contributed by atoms with Crippen LogP contribution in [0.1, 0.15) is 40.4 Å². The van der Waals surface area contributed by atoms with Gasteiger partial charge in [0.2, 0.25) is 12.2 Å². The number of fused-ring (bicyclic) bond motifs is 1. The van der Waals surface area contributed by atoms with Gasteiger partial charge in [-0.2, -0.15) is 10.1 Å². The molecular weight excluding hydrogens is 344 g/mol. The van der Waals surface area contributed by atoms with Crippen LogP contribution in [0.4, 0.5) is 5.69 Å². The SMILES string of the molecule is Cc1ccc(-c2ncon2)cc1NC(=O)c1cnn2cc(C3CC3)ncc12. The molecule has 3 aromatic heterocycles. The molecule has 5 rings (SSSR count). The van der Waals surface area contributed by atoms with Crippen molar-refractivity contribution in [2.45, 2.75) is 25.7 Å². The summed E-state index contributed by atoms with van der Waals surface area (Å²) < 4.78 is 6.51. The molecule has 1 aliphatic rings. The minimum Gasteiger partial charge on any atom is -0.342 e. The Morgan fingerprint density at radius 2 is 2.15 bits per heavy atom. The van der Waals surface area contributed by atoms with Crippen molar-refractivity contribution >= 4 is 17.1 Å². The number of nitrogens with one attached hydrogen (secondary N) is 1. The number of hydrogen-bond acceptors (Lipinski definition) is 6. The van der Waals surface area contributed by atoms with E-state index in [9.17, 15) is 4.79 Å². The molecule has 0 spiro atoms. The Morgan fingerprint density at radius 1 is 1.26 bits per heavy atom. The van der Waals surface area contributed by atoms with Gasteiger partial charge in [0.1, 0.15) is 0 Å². The minimum absolute atomic E-state index is 0.237. The summed E-state index contributed by atoms with van der Waals surface area (Å²) in [5.74, 6) is 0.768. The molecule has 4 aromatic rings. The second-order valence-electron chi connectivity index (χ2n) is 6.71. The molecule has 0 saturated heterocycles. The van der Waals surface area contributed by atoms with Gasteiger partial charge >= 0.3 is 0 Å². The Bertz CT molecular complexity index is 1140. The summed E-state index contributed by atoms with van der Waals surface area (Å²) in [5.41, 5.74) is 4.57. The van der Waals surface area contributed by atoms with Crippen molar-refractivity contribution < 1.29 is 9.32 Å². The average Bonchev–Trinajstić information content (AvgIpc) is 3.21. The Morgan fingerprint density at radius 3 is 2.93 bits per heavy atom. The van der Waals surface area contributed by atoms with E-state index in [2.05, 4.69) is 25.5 Å². The van der Waals surface area contributed by atoms with Gasteiger partial charge in [-0.3, -0.25) is 9.78 Å². The lowest BCUT2D eigenvalue weighted by Gasteiger charge is -2.09. The highest BCUT2D eigenvalue weighted by molar-refractivity contribution is 6.09. The second-order valence-corrected chi connectivity index (χ2v) is 6.71. The third-order valence-corrected chi connectivity index (χ3v) is 4.77. The Hall–Kier alpha value is -3.55. The summed E-state index contributed by atoms with van der Waals surface area (Å²) in [5, 5.41) is 11.1. The highest BCUT2D eigenvalue weighted by Crippen LogP contribution is 2.38. The summed E-state index contributed by atoms with van der Waals surface area (Å²) in [6.07, 6.45) is 8.81. The van der Waals surface area contributed by atoms with E-state index in [-0.39, 0.29) is 5.91 Å². The summed E-state index contributed by atoms with van der Waals surface area (Å²) in [6, 6.07) is 5.61. The predicted molar refractivity (Wildman–Crippen MR) is 97.4 cm³/mol. The summed E-state index contributed by atoms with van der Waals surface area (Å²) in [6.45, 7) is 1.93. The van der Waals surface area contributed by atoms with Crippen LogP contribution in [0.15, 0.2) is 47.7 Å². The lowest BCUT2D eigenvalue weighted by Crippen LogP contribution is -2.13. The number of anilines is 1. The van der Waals surface area contributed by atoms with Crippen LogP contribution < -0.4 is 5.32 Å². The molecule has 0 radical (unpaired) electrons. The molecule has 1 aliphatic carbocycles. The molecule has 0 atom stereocenters. The molecule has 134 valence electrons. The third-order valence-electron chi connectivity index (χ3n) is 4.77. The smallest absolute Gasteiger partial charge is 0.259 e. The third kappa shape index (κ3) is 2.84. The molecule has 8 heteroatoms. The van der Waals surface area contributed by atoms with Crippen LogP contribution in [0.25, 0.3) is 16.9 Å². The number of carbonyl (C=O) groups is 1. The average molecular weight is 360 g/mol. The first-order valence-corrected chi connectivity index (χ1v) is 8.71. The highest BCUT2D eigenvalue weighted by Gasteiger charge is 2.26. The van der Waals surface area contributed by atoms with Gasteiger partial charge in [0, 0.05) is 17.2 Å². The van der Waals surface area contributed by atoms with Crippen LogP contribution in [0.3, 0.4) is 0 Å². The standard InChI is InChI=1S/C19H16N6O2/c1-11-2-3-13(18-21-10-27-24-18)6-15(11)23-19(26)14-7-22-25-9-16(12-4-5-12)20-8-17(14)25/h2-3,6-10,12H,4-5H2,1H3,(H,23,26). The summed E-state index contributed by atoms with van der Waals surface area (Å²) >= 11 is 0. The zero-order chi connectivity index (χ0) is 18.4. The Kier molecular flexibility index (Phi) is 3.49. The molecular formula is C19H16N6O2. The normalized spacial score (nSPS) is 13.8. The van der Waals surface area contributed by atoms with Crippen LogP contribution in [0, 0.1) is 6.92 Å². The Labute approximate surface area is 154 Å². The molecule has 3 heterocycles. The van der Waals surface area contributed by atoms with Crippen molar-refractivity contribution in [3.05, 3.63) is 60.0 Å². The zero-order valence-electron chi connectivity index (χ0n) is 14.6. The van der Waals surface area contributed by atoms with Crippen LogP contribution in [-0.2, 0) is 0 Å². The van der Waals surface area contributed by atoms with E-state index >= 15 is 0 Å². The lowest BCUT2D eigenvalue weighted by molar-refractivity contribution is 0.102. The van der Waals surface area contributed by atoms with E-state index < -0.39 is 0 Å². The van der Waals surface area contributed by atoms with E-state index in [1.54, 1.807) is 16.9 Å². The molecule has 1 aromatic carbocycles. The number of aryl methyl sites for hydroxylation is 1. The molecule has 1 amide bonds. The fraction of sp³-hybridized carbons (Fsp3) is 0.211. The lowest BCUT2D eigenvalue weighted by atomic mass is 10.1. The molecule has 0 unspecified atom stereocenters. The van der Waals surface area contributed by atoms with Gasteiger partial charge in [0.25, 0.3) is 5.91 Å². The van der Waals surface area contributed by atoms with Crippen molar-refractivity contribution in [2.24, 2.45) is 0 Å². The predicted octanol–water partition coefficient (Wildman–Crippen LogP) is 3.22. The topological polar surface area (TPSA) is 98.2 Å². The minimum atomic E-state index is -0.237. The van der Waals surface area contributed by atoms with Gasteiger partial charge in [-0.25, -0.2) is 4.52 Å². The van der Waals surface area contributed by atoms with Crippen molar-refractivity contribution in [1.82, 2.24) is 24.7 Å². The molecule has 0 aliphatic heterocycles. The Balaban J connectivity index is 1.45. The summed E-state index contributed by atoms with van der Waals surface area (Å²) in [7, 11) is 0. The van der Waals surface area contributed by atoms with Gasteiger partial charge in [-0.15, -0.1) is 0 Å². The van der Waals surface area contributed by atoms with Gasteiger partial charge in [0.15, 0.2) is 0 Å². The molecule has 1 fully saturated rings. The number of carbonyl (C=O) groups excluding carboxylic acids is 1. The largest absolute Gasteiger partial charge is 0.342 e. The fourth-order valence-electron chi connectivity index (χ4n) is 3.05. The summed E-state index contributed by atoms with van der Waals surface area (Å²) in [4.78, 5) is 21.4. The zero-order valence-corrected chi connectivity index (χ0v) is 14.6. The number of rotatable bonds is 4. The van der Waals surface area contributed by atoms with Crippen LogP contribution in [-0.4, -0.2) is 30.6 Å². The number of hydrogen-bond donors (Lipinski definition) is 1. The van der Waals surface area contributed by atoms with Gasteiger partial charge in [-0.05, 0) is 31.4 Å². The maximum absolute atomic E-state index is 12.8. The van der Waals surface area contributed by atoms with Crippen molar-refractivity contribution in [3.8, 4) is 11.4 Å². The number of benzene rings is 1. The van der Waals surface area contributed by atoms with Gasteiger partial charge < -0.3 is 9.84 Å². The maximum atomic E-state index is 12.8. The van der Waals surface area contributed by atoms with Crippen LogP contribution >= 0.6 is 0 Å². The van der Waals surface area contributed by atoms with Crippen LogP contribution in [0.2, 0.25) is 0 Å². The van der Waals surface area contributed by atoms with E-state index in [1.165, 1.54) is 19.2 Å². The van der Waals surface area contributed by atoms with Crippen molar-refractivity contribution in [1.29, 1.82) is 0 Å². The first-order chi connectivity index (χ1) is 13.2. The number of nitrogens with zero attached hydrogens (tertiary/aromatic N) is 5. The quantitative estimate of drug-likeness (QED) is 0.600. The van der Waals surface area contributed by atoms with E-state index in [0.29, 0.717) is 28.5 Å².